The molecule has 21 heavy (non-hydrogen) atoms. The molecule has 0 saturated carbocycles. The predicted molar refractivity (Wildman–Crippen MR) is 81.8 cm³/mol. The van der Waals surface area contributed by atoms with E-state index in [2.05, 4.69) is 0 Å². The summed E-state index contributed by atoms with van der Waals surface area (Å²) >= 11 is 0. The largest absolute Gasteiger partial charge is 0.508 e. The number of rotatable bonds is 2. The maximum atomic E-state index is 11.8. The van der Waals surface area contributed by atoms with Gasteiger partial charge >= 0.3 is 5.63 Å². The Morgan fingerprint density at radius 3 is 2.57 bits per heavy atom. The first-order chi connectivity index (χ1) is 10.1. The Morgan fingerprint density at radius 2 is 1.86 bits per heavy atom. The molecule has 0 aliphatic carbocycles. The molecule has 4 nitrogen and oxygen atoms in total. The summed E-state index contributed by atoms with van der Waals surface area (Å²) < 4.78 is 5.28. The lowest BCUT2D eigenvalue weighted by molar-refractivity contribution is -0.913. The van der Waals surface area contributed by atoms with Crippen molar-refractivity contribution in [2.24, 2.45) is 0 Å². The van der Waals surface area contributed by atoms with Gasteiger partial charge in [0.25, 0.3) is 0 Å². The fourth-order valence-electron chi connectivity index (χ4n) is 3.18. The molecular weight excluding hydrogens is 266 g/mol. The van der Waals surface area contributed by atoms with Crippen molar-refractivity contribution in [2.75, 3.05) is 13.1 Å². The van der Waals surface area contributed by atoms with Gasteiger partial charge in [-0.3, -0.25) is 0 Å². The number of benzene rings is 1. The molecule has 0 radical (unpaired) electrons. The van der Waals surface area contributed by atoms with Gasteiger partial charge in [-0.1, -0.05) is 0 Å². The minimum Gasteiger partial charge on any atom is -0.508 e. The van der Waals surface area contributed by atoms with Crippen molar-refractivity contribution in [3.8, 4) is 5.75 Å². The fourth-order valence-corrected chi connectivity index (χ4v) is 3.18. The topological polar surface area (TPSA) is 54.9 Å². The second-order valence-electron chi connectivity index (χ2n) is 6.07. The lowest BCUT2D eigenvalue weighted by Crippen LogP contribution is -3.10. The van der Waals surface area contributed by atoms with E-state index in [0.29, 0.717) is 5.58 Å². The highest BCUT2D eigenvalue weighted by atomic mass is 16.4. The van der Waals surface area contributed by atoms with Crippen LogP contribution in [0.15, 0.2) is 27.4 Å². The zero-order valence-corrected chi connectivity index (χ0v) is 12.4. The number of quaternary nitrogens is 1. The van der Waals surface area contributed by atoms with Crippen LogP contribution in [0, 0.1) is 6.92 Å². The number of aromatic hydroxyl groups is 1. The van der Waals surface area contributed by atoms with E-state index in [4.69, 9.17) is 4.42 Å². The Balaban J connectivity index is 2.00. The summed E-state index contributed by atoms with van der Waals surface area (Å²) in [6.07, 6.45) is 5.11. The van der Waals surface area contributed by atoms with Crippen LogP contribution >= 0.6 is 0 Å². The molecule has 0 amide bonds. The average Bonchev–Trinajstić information content (AvgIpc) is 2.69. The van der Waals surface area contributed by atoms with Crippen LogP contribution in [-0.2, 0) is 6.54 Å². The molecule has 2 aromatic rings. The molecule has 0 unspecified atom stereocenters. The van der Waals surface area contributed by atoms with E-state index in [1.165, 1.54) is 30.6 Å². The standard InChI is InChI=1S/C17H21NO3/c1-12-8-16-14(10-15(12)19)13(9-17(20)21-16)11-18-6-4-2-3-5-7-18/h8-10,19H,2-7,11H2,1H3/p+1. The summed E-state index contributed by atoms with van der Waals surface area (Å²) in [5.74, 6) is 0.253. The third kappa shape index (κ3) is 3.10. The van der Waals surface area contributed by atoms with Crippen LogP contribution < -0.4 is 10.5 Å². The maximum Gasteiger partial charge on any atom is 0.336 e. The van der Waals surface area contributed by atoms with Gasteiger partial charge in [0, 0.05) is 17.0 Å². The normalized spacial score (nSPS) is 17.0. The van der Waals surface area contributed by atoms with E-state index in [1.54, 1.807) is 18.2 Å². The summed E-state index contributed by atoms with van der Waals surface area (Å²) in [6.45, 7) is 4.94. The number of phenols is 1. The van der Waals surface area contributed by atoms with Crippen molar-refractivity contribution in [1.82, 2.24) is 0 Å². The summed E-state index contributed by atoms with van der Waals surface area (Å²) in [4.78, 5) is 13.3. The lowest BCUT2D eigenvalue weighted by Gasteiger charge is -2.17. The average molecular weight is 288 g/mol. The number of phenolic OH excluding ortho intramolecular Hbond substituents is 1. The molecule has 0 atom stereocenters. The highest BCUT2D eigenvalue weighted by Crippen LogP contribution is 2.25. The van der Waals surface area contributed by atoms with E-state index in [9.17, 15) is 9.90 Å². The molecule has 3 rings (SSSR count). The SMILES string of the molecule is Cc1cc2oc(=O)cc(C[NH+]3CCCCCC3)c2cc1O. The quantitative estimate of drug-likeness (QED) is 0.828. The molecule has 1 saturated heterocycles. The Morgan fingerprint density at radius 1 is 1.14 bits per heavy atom. The Kier molecular flexibility index (Phi) is 3.97. The third-order valence-corrected chi connectivity index (χ3v) is 4.40. The molecule has 1 aromatic heterocycles. The van der Waals surface area contributed by atoms with E-state index in [0.717, 1.165) is 36.1 Å². The molecule has 112 valence electrons. The molecule has 1 aliphatic rings. The Bertz CT molecular complexity index is 697. The molecule has 1 fully saturated rings. The van der Waals surface area contributed by atoms with E-state index < -0.39 is 0 Å². The zero-order chi connectivity index (χ0) is 14.8. The predicted octanol–water partition coefficient (Wildman–Crippen LogP) is 1.77. The van der Waals surface area contributed by atoms with Crippen LogP contribution in [0.25, 0.3) is 11.0 Å². The minimum absolute atomic E-state index is 0.253. The van der Waals surface area contributed by atoms with Gasteiger partial charge in [0.1, 0.15) is 17.9 Å². The Hall–Kier alpha value is -1.81. The molecule has 1 aromatic carbocycles. The van der Waals surface area contributed by atoms with Crippen molar-refractivity contribution in [2.45, 2.75) is 39.2 Å². The van der Waals surface area contributed by atoms with Gasteiger partial charge < -0.3 is 14.4 Å². The number of hydrogen-bond donors (Lipinski definition) is 2. The first-order valence-electron chi connectivity index (χ1n) is 7.73. The number of aryl methyl sites for hydroxylation is 1. The summed E-state index contributed by atoms with van der Waals surface area (Å²) in [7, 11) is 0. The smallest absolute Gasteiger partial charge is 0.336 e. The maximum absolute atomic E-state index is 11.8. The van der Waals surface area contributed by atoms with Gasteiger partial charge in [0.2, 0.25) is 0 Å². The first-order valence-corrected chi connectivity index (χ1v) is 7.73. The van der Waals surface area contributed by atoms with Crippen molar-refractivity contribution in [3.05, 3.63) is 39.7 Å². The highest BCUT2D eigenvalue weighted by molar-refractivity contribution is 5.82. The van der Waals surface area contributed by atoms with Gasteiger partial charge in [-0.15, -0.1) is 0 Å². The monoisotopic (exact) mass is 288 g/mol. The van der Waals surface area contributed by atoms with Gasteiger partial charge in [0.15, 0.2) is 0 Å². The molecule has 0 bridgehead atoms. The fraction of sp³-hybridized carbons (Fsp3) is 0.471. The molecule has 0 spiro atoms. The van der Waals surface area contributed by atoms with Crippen LogP contribution in [0.3, 0.4) is 0 Å². The van der Waals surface area contributed by atoms with Crippen molar-refractivity contribution in [1.29, 1.82) is 0 Å². The van der Waals surface area contributed by atoms with Crippen LogP contribution in [0.5, 0.6) is 5.75 Å². The second kappa shape index (κ2) is 5.90. The third-order valence-electron chi connectivity index (χ3n) is 4.40. The molecular formula is C17H22NO3+. The van der Waals surface area contributed by atoms with Crippen LogP contribution in [0.1, 0.15) is 36.8 Å². The van der Waals surface area contributed by atoms with E-state index >= 15 is 0 Å². The van der Waals surface area contributed by atoms with Gasteiger partial charge in [-0.2, -0.15) is 0 Å². The van der Waals surface area contributed by atoms with E-state index in [-0.39, 0.29) is 11.4 Å². The summed E-state index contributed by atoms with van der Waals surface area (Å²) in [5.41, 5.74) is 1.97. The number of hydrogen-bond acceptors (Lipinski definition) is 3. The molecule has 2 N–H and O–H groups in total. The molecule has 4 heteroatoms. The summed E-state index contributed by atoms with van der Waals surface area (Å²) in [5, 5.41) is 10.8. The van der Waals surface area contributed by atoms with Crippen LogP contribution in [0.4, 0.5) is 0 Å². The van der Waals surface area contributed by atoms with Crippen molar-refractivity contribution >= 4 is 11.0 Å². The molecule has 1 aliphatic heterocycles. The second-order valence-corrected chi connectivity index (χ2v) is 6.07. The van der Waals surface area contributed by atoms with Gasteiger partial charge in [-0.05, 0) is 50.3 Å². The van der Waals surface area contributed by atoms with Crippen molar-refractivity contribution in [3.63, 3.8) is 0 Å². The van der Waals surface area contributed by atoms with Crippen LogP contribution in [0.2, 0.25) is 0 Å². The highest BCUT2D eigenvalue weighted by Gasteiger charge is 2.16. The number of likely N-dealkylation sites (tertiary alicyclic amines) is 1. The van der Waals surface area contributed by atoms with Crippen molar-refractivity contribution < 1.29 is 14.4 Å². The number of fused-ring (bicyclic) bond motifs is 1. The van der Waals surface area contributed by atoms with Gasteiger partial charge in [-0.25, -0.2) is 4.79 Å². The zero-order valence-electron chi connectivity index (χ0n) is 12.4. The minimum atomic E-state index is -0.309. The van der Waals surface area contributed by atoms with Crippen LogP contribution in [-0.4, -0.2) is 18.2 Å². The first kappa shape index (κ1) is 14.1. The van der Waals surface area contributed by atoms with E-state index in [1.807, 2.05) is 6.92 Å². The molecule has 2 heterocycles. The summed E-state index contributed by atoms with van der Waals surface area (Å²) in [6, 6.07) is 5.04. The number of nitrogens with one attached hydrogen (secondary N) is 1. The lowest BCUT2D eigenvalue weighted by atomic mass is 10.1. The Labute approximate surface area is 124 Å². The van der Waals surface area contributed by atoms with Gasteiger partial charge in [0.05, 0.1) is 13.1 Å².